The maximum absolute atomic E-state index is 11.7. The van der Waals surface area contributed by atoms with Crippen LogP contribution in [0, 0.1) is 5.92 Å². The summed E-state index contributed by atoms with van der Waals surface area (Å²) in [6.07, 6.45) is 4.34. The molecule has 0 amide bonds. The Hall–Kier alpha value is -1.31. The summed E-state index contributed by atoms with van der Waals surface area (Å²) in [4.78, 5) is 11.7. The third-order valence-electron chi connectivity index (χ3n) is 2.88. The molecule has 0 spiro atoms. The van der Waals surface area contributed by atoms with E-state index >= 15 is 0 Å². The summed E-state index contributed by atoms with van der Waals surface area (Å²) in [6, 6.07) is 7.78. The number of hydrogen-bond donors (Lipinski definition) is 1. The number of carbonyl (C=O) groups excluding carboxylic acids is 1. The predicted octanol–water partition coefficient (Wildman–Crippen LogP) is 3.60. The first-order chi connectivity index (χ1) is 8.08. The summed E-state index contributed by atoms with van der Waals surface area (Å²) in [5.41, 5.74) is 7.62. The molecule has 0 heterocycles. The van der Waals surface area contributed by atoms with Gasteiger partial charge in [-0.3, -0.25) is 4.79 Å². The average Bonchev–Trinajstić information content (AvgIpc) is 2.26. The number of ketones is 1. The highest BCUT2D eigenvalue weighted by atomic mass is 16.1. The van der Waals surface area contributed by atoms with E-state index in [4.69, 9.17) is 5.73 Å². The molecule has 0 aliphatic carbocycles. The number of Topliss-reactive ketones (excluding diaryl/α,β-unsaturated/α-hetero) is 1. The van der Waals surface area contributed by atoms with Crippen LogP contribution < -0.4 is 5.73 Å². The molecule has 0 aliphatic rings. The van der Waals surface area contributed by atoms with Crippen molar-refractivity contribution >= 4 is 11.5 Å². The van der Waals surface area contributed by atoms with E-state index in [1.54, 1.807) is 0 Å². The average molecular weight is 233 g/mol. The molecule has 1 aromatic carbocycles. The fourth-order valence-corrected chi connectivity index (χ4v) is 1.86. The van der Waals surface area contributed by atoms with Crippen LogP contribution in [0.5, 0.6) is 0 Å². The lowest BCUT2D eigenvalue weighted by Gasteiger charge is -2.04. The van der Waals surface area contributed by atoms with E-state index in [1.165, 1.54) is 0 Å². The third-order valence-corrected chi connectivity index (χ3v) is 2.88. The number of nitrogens with two attached hydrogens (primary N) is 1. The van der Waals surface area contributed by atoms with Crippen molar-refractivity contribution in [2.24, 2.45) is 5.92 Å². The molecule has 0 unspecified atom stereocenters. The summed E-state index contributed by atoms with van der Waals surface area (Å²) >= 11 is 0. The first-order valence-corrected chi connectivity index (χ1v) is 6.44. The minimum absolute atomic E-state index is 0.369. The molecule has 0 fully saturated rings. The SMILES string of the molecule is CC(C)CCCC(=O)CCc1cccc(N)c1. The molecule has 0 atom stereocenters. The lowest BCUT2D eigenvalue weighted by atomic mass is 10.0. The number of hydrogen-bond acceptors (Lipinski definition) is 2. The van der Waals surface area contributed by atoms with E-state index in [9.17, 15) is 4.79 Å². The number of benzene rings is 1. The molecule has 94 valence electrons. The van der Waals surface area contributed by atoms with Gasteiger partial charge in [-0.25, -0.2) is 0 Å². The van der Waals surface area contributed by atoms with Crippen LogP contribution in [0.15, 0.2) is 24.3 Å². The van der Waals surface area contributed by atoms with Gasteiger partial charge >= 0.3 is 0 Å². The van der Waals surface area contributed by atoms with E-state index in [-0.39, 0.29) is 0 Å². The van der Waals surface area contributed by atoms with Gasteiger partial charge in [0.25, 0.3) is 0 Å². The minimum atomic E-state index is 0.369. The zero-order valence-electron chi connectivity index (χ0n) is 10.9. The topological polar surface area (TPSA) is 43.1 Å². The Morgan fingerprint density at radius 3 is 2.71 bits per heavy atom. The highest BCUT2D eigenvalue weighted by molar-refractivity contribution is 5.78. The monoisotopic (exact) mass is 233 g/mol. The number of aryl methyl sites for hydroxylation is 1. The molecule has 2 heteroatoms. The molecule has 0 saturated heterocycles. The summed E-state index contributed by atoms with van der Waals surface area (Å²) in [5, 5.41) is 0. The van der Waals surface area contributed by atoms with Gasteiger partial charge in [-0.2, -0.15) is 0 Å². The molecule has 0 bridgehead atoms. The molecular formula is C15H23NO. The highest BCUT2D eigenvalue weighted by Crippen LogP contribution is 2.11. The molecule has 2 nitrogen and oxygen atoms in total. The molecule has 17 heavy (non-hydrogen) atoms. The normalized spacial score (nSPS) is 10.8. The van der Waals surface area contributed by atoms with Crippen LogP contribution in [-0.4, -0.2) is 5.78 Å². The minimum Gasteiger partial charge on any atom is -0.399 e. The van der Waals surface area contributed by atoms with Crippen molar-refractivity contribution in [1.29, 1.82) is 0 Å². The maximum Gasteiger partial charge on any atom is 0.133 e. The molecule has 0 saturated carbocycles. The Kier molecular flexibility index (Phi) is 5.75. The number of anilines is 1. The van der Waals surface area contributed by atoms with E-state index in [2.05, 4.69) is 13.8 Å². The largest absolute Gasteiger partial charge is 0.399 e. The van der Waals surface area contributed by atoms with Crippen LogP contribution in [0.25, 0.3) is 0 Å². The maximum atomic E-state index is 11.7. The van der Waals surface area contributed by atoms with E-state index in [0.29, 0.717) is 18.1 Å². The summed E-state index contributed by atoms with van der Waals surface area (Å²) in [7, 11) is 0. The molecule has 1 rings (SSSR count). The quantitative estimate of drug-likeness (QED) is 0.731. The Labute approximate surface area is 104 Å². The molecular weight excluding hydrogens is 210 g/mol. The Morgan fingerprint density at radius 2 is 2.06 bits per heavy atom. The van der Waals surface area contributed by atoms with Crippen molar-refractivity contribution in [1.82, 2.24) is 0 Å². The van der Waals surface area contributed by atoms with Gasteiger partial charge in [-0.1, -0.05) is 32.4 Å². The molecule has 0 aromatic heterocycles. The molecule has 2 N–H and O–H groups in total. The van der Waals surface area contributed by atoms with E-state index < -0.39 is 0 Å². The van der Waals surface area contributed by atoms with Crippen LogP contribution in [0.2, 0.25) is 0 Å². The third kappa shape index (κ3) is 6.10. The van der Waals surface area contributed by atoms with Crippen molar-refractivity contribution in [3.8, 4) is 0 Å². The fraction of sp³-hybridized carbons (Fsp3) is 0.533. The van der Waals surface area contributed by atoms with Gasteiger partial charge in [0.05, 0.1) is 0 Å². The van der Waals surface area contributed by atoms with Gasteiger partial charge in [0.2, 0.25) is 0 Å². The summed E-state index contributed by atoms with van der Waals surface area (Å²) in [5.74, 6) is 1.06. The van der Waals surface area contributed by atoms with Gasteiger partial charge in [0, 0.05) is 18.5 Å². The lowest BCUT2D eigenvalue weighted by Crippen LogP contribution is -2.01. The van der Waals surface area contributed by atoms with Crippen LogP contribution in [-0.2, 0) is 11.2 Å². The zero-order valence-corrected chi connectivity index (χ0v) is 10.9. The van der Waals surface area contributed by atoms with Crippen molar-refractivity contribution in [3.63, 3.8) is 0 Å². The predicted molar refractivity (Wildman–Crippen MR) is 72.9 cm³/mol. The van der Waals surface area contributed by atoms with Crippen molar-refractivity contribution in [2.75, 3.05) is 5.73 Å². The number of carbonyl (C=O) groups is 1. The highest BCUT2D eigenvalue weighted by Gasteiger charge is 2.04. The van der Waals surface area contributed by atoms with Crippen LogP contribution >= 0.6 is 0 Å². The smallest absolute Gasteiger partial charge is 0.133 e. The second-order valence-corrected chi connectivity index (χ2v) is 5.07. The van der Waals surface area contributed by atoms with Crippen molar-refractivity contribution in [2.45, 2.75) is 46.0 Å². The first kappa shape index (κ1) is 13.8. The summed E-state index contributed by atoms with van der Waals surface area (Å²) < 4.78 is 0. The van der Waals surface area contributed by atoms with Crippen LogP contribution in [0.4, 0.5) is 5.69 Å². The van der Waals surface area contributed by atoms with Gasteiger partial charge in [-0.05, 0) is 36.5 Å². The van der Waals surface area contributed by atoms with Gasteiger partial charge in [0.1, 0.15) is 5.78 Å². The van der Waals surface area contributed by atoms with Gasteiger partial charge in [0.15, 0.2) is 0 Å². The molecule has 0 aliphatic heterocycles. The van der Waals surface area contributed by atoms with E-state index in [1.807, 2.05) is 24.3 Å². The molecule has 0 radical (unpaired) electrons. The van der Waals surface area contributed by atoms with Crippen LogP contribution in [0.3, 0.4) is 0 Å². The van der Waals surface area contributed by atoms with Crippen molar-refractivity contribution < 1.29 is 4.79 Å². The van der Waals surface area contributed by atoms with Crippen molar-refractivity contribution in [3.05, 3.63) is 29.8 Å². The molecule has 1 aromatic rings. The van der Waals surface area contributed by atoms with Gasteiger partial charge < -0.3 is 5.73 Å². The Bertz CT molecular complexity index is 358. The second-order valence-electron chi connectivity index (χ2n) is 5.07. The zero-order chi connectivity index (χ0) is 12.7. The van der Waals surface area contributed by atoms with E-state index in [0.717, 1.165) is 36.9 Å². The number of rotatable bonds is 7. The number of nitrogen functional groups attached to an aromatic ring is 1. The van der Waals surface area contributed by atoms with Gasteiger partial charge in [-0.15, -0.1) is 0 Å². The Morgan fingerprint density at radius 1 is 1.29 bits per heavy atom. The first-order valence-electron chi connectivity index (χ1n) is 6.44. The Balaban J connectivity index is 2.24. The lowest BCUT2D eigenvalue weighted by molar-refractivity contribution is -0.119. The fourth-order valence-electron chi connectivity index (χ4n) is 1.86. The summed E-state index contributed by atoms with van der Waals surface area (Å²) in [6.45, 7) is 4.38. The standard InChI is InChI=1S/C15H23NO/c1-12(2)5-3-8-15(17)10-9-13-6-4-7-14(16)11-13/h4,6-7,11-12H,3,5,8-10,16H2,1-2H3. The van der Waals surface area contributed by atoms with Crippen LogP contribution in [0.1, 0.15) is 45.1 Å². The second kappa shape index (κ2) is 7.10.